The maximum Gasteiger partial charge on any atom is 0.0541 e. The number of aryl methyl sites for hydroxylation is 1. The molecule has 0 saturated carbocycles. The van der Waals surface area contributed by atoms with E-state index in [0.29, 0.717) is 0 Å². The van der Waals surface area contributed by atoms with Crippen LogP contribution in [0.25, 0.3) is 149 Å². The van der Waals surface area contributed by atoms with E-state index in [1.807, 2.05) is 0 Å². The first-order valence-corrected chi connectivity index (χ1v) is 26.5. The number of rotatable bonds is 4. The van der Waals surface area contributed by atoms with E-state index >= 15 is 0 Å². The summed E-state index contributed by atoms with van der Waals surface area (Å²) in [5.74, 6) is 0. The van der Waals surface area contributed by atoms with Crippen LogP contribution in [0.3, 0.4) is 0 Å². The van der Waals surface area contributed by atoms with Crippen molar-refractivity contribution in [2.75, 3.05) is 0 Å². The van der Waals surface area contributed by atoms with E-state index in [4.69, 9.17) is 6.58 Å². The van der Waals surface area contributed by atoms with Crippen molar-refractivity contribution < 1.29 is 0 Å². The summed E-state index contributed by atoms with van der Waals surface area (Å²) in [7, 11) is 0. The van der Waals surface area contributed by atoms with Crippen LogP contribution >= 0.6 is 0 Å². The molecular weight excluding hydrogens is 933 g/mol. The zero-order valence-electron chi connectivity index (χ0n) is 42.3. The summed E-state index contributed by atoms with van der Waals surface area (Å²) in [4.78, 5) is 0. The molecule has 0 aliphatic carbocycles. The van der Waals surface area contributed by atoms with E-state index in [0.717, 1.165) is 55.4 Å². The van der Waals surface area contributed by atoms with Gasteiger partial charge >= 0.3 is 0 Å². The molecular formula is C73H48N4. The molecule has 0 saturated heterocycles. The Balaban J connectivity index is 1.06. The summed E-state index contributed by atoms with van der Waals surface area (Å²) in [5.41, 5.74) is 15.1. The third-order valence-corrected chi connectivity index (χ3v) is 16.4. The Morgan fingerprint density at radius 2 is 0.442 bits per heavy atom. The molecule has 15 bridgehead atoms. The lowest BCUT2D eigenvalue weighted by Crippen LogP contribution is -1.96. The normalized spacial score (nSPS) is 12.0. The predicted molar refractivity (Wildman–Crippen MR) is 328 cm³/mol. The van der Waals surface area contributed by atoms with Crippen molar-refractivity contribution >= 4 is 126 Å². The first-order valence-electron chi connectivity index (χ1n) is 26.5. The fraction of sp³-hybridized carbons (Fsp3) is 0.0137. The number of para-hydroxylation sites is 4. The highest BCUT2D eigenvalue weighted by molar-refractivity contribution is 6.18. The lowest BCUT2D eigenvalue weighted by atomic mass is 10.0. The van der Waals surface area contributed by atoms with Gasteiger partial charge in [0, 0.05) is 66.0 Å². The largest absolute Gasteiger partial charge is 0.310 e. The first-order chi connectivity index (χ1) is 38.0. The van der Waals surface area contributed by atoms with Gasteiger partial charge < -0.3 is 18.3 Å². The van der Waals surface area contributed by atoms with Crippen molar-refractivity contribution in [1.82, 2.24) is 18.3 Å². The van der Waals surface area contributed by atoms with Crippen LogP contribution in [0.15, 0.2) is 261 Å². The van der Waals surface area contributed by atoms with Crippen LogP contribution in [0, 0.1) is 6.92 Å². The SMILES string of the molecule is C=c1ccc2c(C)c3cc(ccc3n2-c2ccccc2)c2ccc3c(c2)c2cc(ccc2n3-c2ccccc2)c2ccc3c(c2)c2cc(ccc2n3-c2ccccc2)c2ccc3c(c2)c2cc1ccc2n3-c1ccccc1. The van der Waals surface area contributed by atoms with Gasteiger partial charge in [0.2, 0.25) is 0 Å². The van der Waals surface area contributed by atoms with Gasteiger partial charge in [-0.1, -0.05) is 128 Å². The lowest BCUT2D eigenvalue weighted by molar-refractivity contribution is 1.17. The second-order valence-electron chi connectivity index (χ2n) is 20.7. The third kappa shape index (κ3) is 6.59. The molecule has 4 heterocycles. The van der Waals surface area contributed by atoms with Crippen molar-refractivity contribution in [2.24, 2.45) is 0 Å². The van der Waals surface area contributed by atoms with E-state index in [1.165, 1.54) is 97.7 Å². The predicted octanol–water partition coefficient (Wildman–Crippen LogP) is 18.7. The van der Waals surface area contributed by atoms with Crippen LogP contribution in [0.1, 0.15) is 5.56 Å². The van der Waals surface area contributed by atoms with E-state index in [9.17, 15) is 0 Å². The number of hydrogen-bond donors (Lipinski definition) is 0. The Morgan fingerprint density at radius 1 is 0.221 bits per heavy atom. The van der Waals surface area contributed by atoms with Gasteiger partial charge in [0.05, 0.1) is 38.6 Å². The number of nitrogens with zero attached hydrogens (tertiary/aromatic N) is 4. The monoisotopic (exact) mass is 980 g/mol. The zero-order chi connectivity index (χ0) is 50.9. The summed E-state index contributed by atoms with van der Waals surface area (Å²) in [6.45, 7) is 7.00. The molecule has 16 rings (SSSR count). The van der Waals surface area contributed by atoms with Crippen LogP contribution in [-0.2, 0) is 0 Å². The Hall–Kier alpha value is -10.2. The highest BCUT2D eigenvalue weighted by Crippen LogP contribution is 2.40. The van der Waals surface area contributed by atoms with Gasteiger partial charge in [0.1, 0.15) is 0 Å². The van der Waals surface area contributed by atoms with Crippen LogP contribution in [0.5, 0.6) is 0 Å². The molecule has 0 atom stereocenters. The van der Waals surface area contributed by atoms with Gasteiger partial charge in [-0.2, -0.15) is 0 Å². The Labute approximate surface area is 443 Å². The second-order valence-corrected chi connectivity index (χ2v) is 20.7. The molecule has 4 heteroatoms. The highest BCUT2D eigenvalue weighted by atomic mass is 15.0. The first kappa shape index (κ1) is 43.3. The van der Waals surface area contributed by atoms with Gasteiger partial charge in [-0.25, -0.2) is 0 Å². The Morgan fingerprint density at radius 3 is 0.740 bits per heavy atom. The maximum absolute atomic E-state index is 4.74. The van der Waals surface area contributed by atoms with Crippen LogP contribution in [-0.4, -0.2) is 18.3 Å². The number of hydrogen-bond acceptors (Lipinski definition) is 0. The standard InChI is InChI=1S/C73H48N4/c1-46-23-31-66-47(2)59-40-49(25-33-67(59)74(66)55-15-7-3-8-16-55)50-26-34-70-62(41-50)63-44-53(29-37-71(63)76(70)57-19-11-5-12-20-57)54-30-38-73-65(45-54)64-43-52(28-36-72(64)77(73)58-21-13-6-14-22-58)51-27-35-69-61(42-51)60-39-48(46)24-32-68(60)75(69)56-17-9-4-10-18-56/h3-45H,1H2,2H3. The van der Waals surface area contributed by atoms with Gasteiger partial charge in [0.15, 0.2) is 0 Å². The number of fused-ring (bicyclic) bond motifs is 11. The molecule has 360 valence electrons. The molecule has 0 aliphatic rings. The summed E-state index contributed by atoms with van der Waals surface area (Å²) < 4.78 is 9.64. The minimum Gasteiger partial charge on any atom is -0.310 e. The Kier molecular flexibility index (Phi) is 9.37. The number of aromatic nitrogens is 4. The highest BCUT2D eigenvalue weighted by Gasteiger charge is 2.18. The fourth-order valence-electron chi connectivity index (χ4n) is 12.7. The van der Waals surface area contributed by atoms with Crippen LogP contribution in [0.2, 0.25) is 0 Å². The number of benzene rings is 11. The van der Waals surface area contributed by atoms with Crippen molar-refractivity contribution in [3.8, 4) is 22.7 Å². The molecule has 0 amide bonds. The van der Waals surface area contributed by atoms with Crippen molar-refractivity contribution in [1.29, 1.82) is 0 Å². The molecule has 4 aromatic heterocycles. The summed E-state index contributed by atoms with van der Waals surface area (Å²) >= 11 is 0. The molecule has 0 spiro atoms. The topological polar surface area (TPSA) is 19.7 Å². The fourth-order valence-corrected chi connectivity index (χ4v) is 12.7. The minimum atomic E-state index is 0.945. The molecule has 12 aromatic carbocycles. The summed E-state index contributed by atoms with van der Waals surface area (Å²) in [6.07, 6.45) is 0. The smallest absolute Gasteiger partial charge is 0.0541 e. The molecule has 77 heavy (non-hydrogen) atoms. The van der Waals surface area contributed by atoms with Crippen molar-refractivity contribution in [3.05, 3.63) is 272 Å². The molecule has 0 aliphatic heterocycles. The average Bonchev–Trinajstić information content (AvgIpc) is 4.35. The molecule has 0 fully saturated rings. The molecule has 4 nitrogen and oxygen atoms in total. The maximum atomic E-state index is 4.74. The molecule has 0 unspecified atom stereocenters. The quantitative estimate of drug-likeness (QED) is 0.167. The summed E-state index contributed by atoms with van der Waals surface area (Å²) in [5, 5.41) is 17.5. The molecule has 0 radical (unpaired) electrons. The average molecular weight is 981 g/mol. The second kappa shape index (κ2) is 16.7. The zero-order valence-corrected chi connectivity index (χ0v) is 42.3. The van der Waals surface area contributed by atoms with Crippen molar-refractivity contribution in [3.63, 3.8) is 0 Å². The van der Waals surface area contributed by atoms with E-state index < -0.39 is 0 Å². The lowest BCUT2D eigenvalue weighted by Gasteiger charge is -2.08. The summed E-state index contributed by atoms with van der Waals surface area (Å²) in [6, 6.07) is 96.4. The molecule has 0 N–H and O–H groups in total. The van der Waals surface area contributed by atoms with E-state index in [-0.39, 0.29) is 0 Å². The third-order valence-electron chi connectivity index (χ3n) is 16.4. The van der Waals surface area contributed by atoms with E-state index in [1.54, 1.807) is 0 Å². The minimum absolute atomic E-state index is 0.945. The van der Waals surface area contributed by atoms with Crippen LogP contribution in [0.4, 0.5) is 0 Å². The Bertz CT molecular complexity index is 5270. The van der Waals surface area contributed by atoms with E-state index in [2.05, 4.69) is 286 Å². The van der Waals surface area contributed by atoms with Gasteiger partial charge in [-0.05, 0) is 195 Å². The van der Waals surface area contributed by atoms with Gasteiger partial charge in [-0.15, -0.1) is 0 Å². The van der Waals surface area contributed by atoms with Crippen LogP contribution < -0.4 is 5.22 Å². The van der Waals surface area contributed by atoms with Gasteiger partial charge in [0.25, 0.3) is 0 Å². The van der Waals surface area contributed by atoms with Gasteiger partial charge in [-0.3, -0.25) is 0 Å². The molecule has 16 aromatic rings. The van der Waals surface area contributed by atoms with Crippen molar-refractivity contribution in [2.45, 2.75) is 6.92 Å².